The first-order chi connectivity index (χ1) is 9.02. The Bertz CT molecular complexity index is 653. The van der Waals surface area contributed by atoms with Gasteiger partial charge in [-0.25, -0.2) is 0 Å². The molecule has 0 aliphatic heterocycles. The van der Waals surface area contributed by atoms with Crippen molar-refractivity contribution in [3.63, 3.8) is 0 Å². The van der Waals surface area contributed by atoms with Crippen LogP contribution in [0.25, 0.3) is 0 Å². The maximum atomic E-state index is 12.4. The molecule has 96 valence electrons. The van der Waals surface area contributed by atoms with E-state index in [2.05, 4.69) is 37.9 Å². The highest BCUT2D eigenvalue weighted by atomic mass is 79.9. The van der Waals surface area contributed by atoms with Gasteiger partial charge in [0.2, 0.25) is 0 Å². The predicted octanol–water partition coefficient (Wildman–Crippen LogP) is 5.07. The molecule has 0 saturated heterocycles. The normalized spacial score (nSPS) is 11.9. The highest BCUT2D eigenvalue weighted by molar-refractivity contribution is 9.11. The van der Waals surface area contributed by atoms with Gasteiger partial charge in [-0.3, -0.25) is 4.79 Å². The number of carbonyl (C=O) groups is 1. The van der Waals surface area contributed by atoms with E-state index in [1.165, 1.54) is 11.3 Å². The zero-order valence-corrected chi connectivity index (χ0v) is 14.0. The molecular formula is C14H9Br2NOS. The lowest BCUT2D eigenvalue weighted by Gasteiger charge is -2.07. The van der Waals surface area contributed by atoms with Crippen LogP contribution in [-0.4, -0.2) is 5.78 Å². The van der Waals surface area contributed by atoms with E-state index in [4.69, 9.17) is 0 Å². The van der Waals surface area contributed by atoms with Crippen molar-refractivity contribution in [3.8, 4) is 6.07 Å². The molecule has 2 nitrogen and oxygen atoms in total. The van der Waals surface area contributed by atoms with Crippen molar-refractivity contribution in [1.29, 1.82) is 5.26 Å². The van der Waals surface area contributed by atoms with Gasteiger partial charge in [0, 0.05) is 4.47 Å². The van der Waals surface area contributed by atoms with Gasteiger partial charge in [0.05, 0.1) is 14.7 Å². The number of hydrogen-bond donors (Lipinski definition) is 0. The summed E-state index contributed by atoms with van der Waals surface area (Å²) >= 11 is 8.12. The number of halogens is 2. The molecule has 0 fully saturated rings. The summed E-state index contributed by atoms with van der Waals surface area (Å²) in [5.74, 6) is -0.915. The molecule has 1 unspecified atom stereocenters. The molecule has 0 N–H and O–H groups in total. The lowest BCUT2D eigenvalue weighted by Crippen LogP contribution is -2.09. The largest absolute Gasteiger partial charge is 0.291 e. The first kappa shape index (κ1) is 14.4. The number of ketones is 1. The SMILES string of the molecule is Cc1cc(C(=O)C(C#N)c2cccc(Br)c2)sc1Br. The fourth-order valence-electron chi connectivity index (χ4n) is 1.69. The molecule has 19 heavy (non-hydrogen) atoms. The predicted molar refractivity (Wildman–Crippen MR) is 83.6 cm³/mol. The Morgan fingerprint density at radius 2 is 2.11 bits per heavy atom. The van der Waals surface area contributed by atoms with Crippen LogP contribution in [0.3, 0.4) is 0 Å². The number of rotatable bonds is 3. The van der Waals surface area contributed by atoms with Crippen molar-refractivity contribution >= 4 is 49.0 Å². The molecule has 1 aromatic carbocycles. The molecular weight excluding hydrogens is 390 g/mol. The third-order valence-electron chi connectivity index (χ3n) is 2.67. The fourth-order valence-corrected chi connectivity index (χ4v) is 3.62. The number of hydrogen-bond acceptors (Lipinski definition) is 3. The molecule has 0 saturated carbocycles. The summed E-state index contributed by atoms with van der Waals surface area (Å²) in [5, 5.41) is 9.28. The zero-order valence-electron chi connectivity index (χ0n) is 9.98. The van der Waals surface area contributed by atoms with Crippen LogP contribution >= 0.6 is 43.2 Å². The van der Waals surface area contributed by atoms with Crippen molar-refractivity contribution in [2.24, 2.45) is 0 Å². The topological polar surface area (TPSA) is 40.9 Å². The number of Topliss-reactive ketones (excluding diaryl/α,β-unsaturated/α-hetero) is 1. The molecule has 1 heterocycles. The van der Waals surface area contributed by atoms with E-state index >= 15 is 0 Å². The van der Waals surface area contributed by atoms with Gasteiger partial charge in [0.1, 0.15) is 5.92 Å². The van der Waals surface area contributed by atoms with Gasteiger partial charge in [0.25, 0.3) is 0 Å². The number of carbonyl (C=O) groups excluding carboxylic acids is 1. The molecule has 5 heteroatoms. The highest BCUT2D eigenvalue weighted by Gasteiger charge is 2.24. The van der Waals surface area contributed by atoms with Crippen LogP contribution in [0, 0.1) is 18.3 Å². The summed E-state index contributed by atoms with van der Waals surface area (Å²) in [4.78, 5) is 13.0. The Balaban J connectivity index is 2.38. The maximum absolute atomic E-state index is 12.4. The zero-order chi connectivity index (χ0) is 14.0. The monoisotopic (exact) mass is 397 g/mol. The van der Waals surface area contributed by atoms with E-state index in [0.717, 1.165) is 13.8 Å². The summed E-state index contributed by atoms with van der Waals surface area (Å²) in [6.07, 6.45) is 0. The average Bonchev–Trinajstić information content (AvgIpc) is 2.70. The minimum atomic E-state index is -0.762. The van der Waals surface area contributed by atoms with Gasteiger partial charge in [-0.15, -0.1) is 11.3 Å². The van der Waals surface area contributed by atoms with Gasteiger partial charge in [-0.05, 0) is 52.2 Å². The second-order valence-electron chi connectivity index (χ2n) is 4.05. The summed E-state index contributed by atoms with van der Waals surface area (Å²) in [5.41, 5.74) is 1.73. The van der Waals surface area contributed by atoms with Gasteiger partial charge < -0.3 is 0 Å². The van der Waals surface area contributed by atoms with E-state index in [1.807, 2.05) is 25.1 Å². The van der Waals surface area contributed by atoms with E-state index in [0.29, 0.717) is 10.4 Å². The van der Waals surface area contributed by atoms with Crippen molar-refractivity contribution in [2.75, 3.05) is 0 Å². The Hall–Kier alpha value is -0.960. The maximum Gasteiger partial charge on any atom is 0.194 e. The number of aryl methyl sites for hydroxylation is 1. The molecule has 1 aromatic heterocycles. The van der Waals surface area contributed by atoms with E-state index in [-0.39, 0.29) is 5.78 Å². The number of nitrogens with zero attached hydrogens (tertiary/aromatic N) is 1. The van der Waals surface area contributed by atoms with Crippen LogP contribution in [0.15, 0.2) is 38.6 Å². The smallest absolute Gasteiger partial charge is 0.194 e. The Labute approximate surface area is 132 Å². The van der Waals surface area contributed by atoms with Crippen LogP contribution in [0.2, 0.25) is 0 Å². The Kier molecular flexibility index (Phi) is 4.56. The quantitative estimate of drug-likeness (QED) is 0.677. The molecule has 0 aliphatic carbocycles. The van der Waals surface area contributed by atoms with E-state index < -0.39 is 5.92 Å². The third kappa shape index (κ3) is 3.14. The van der Waals surface area contributed by atoms with Crippen molar-refractivity contribution < 1.29 is 4.79 Å². The molecule has 0 bridgehead atoms. The molecule has 0 amide bonds. The van der Waals surface area contributed by atoms with Crippen LogP contribution < -0.4 is 0 Å². The second-order valence-corrected chi connectivity index (χ2v) is 7.33. The minimum absolute atomic E-state index is 0.153. The van der Waals surface area contributed by atoms with Crippen molar-refractivity contribution in [1.82, 2.24) is 0 Å². The first-order valence-corrected chi connectivity index (χ1v) is 7.88. The highest BCUT2D eigenvalue weighted by Crippen LogP contribution is 2.31. The molecule has 0 aliphatic rings. The third-order valence-corrected chi connectivity index (χ3v) is 5.32. The summed E-state index contributed by atoms with van der Waals surface area (Å²) < 4.78 is 1.79. The van der Waals surface area contributed by atoms with E-state index in [9.17, 15) is 10.1 Å². The first-order valence-electron chi connectivity index (χ1n) is 5.48. The lowest BCUT2D eigenvalue weighted by atomic mass is 9.95. The van der Waals surface area contributed by atoms with Crippen molar-refractivity contribution in [2.45, 2.75) is 12.8 Å². The summed E-state index contributed by atoms with van der Waals surface area (Å²) in [6.45, 7) is 1.93. The lowest BCUT2D eigenvalue weighted by molar-refractivity contribution is 0.0982. The van der Waals surface area contributed by atoms with E-state index in [1.54, 1.807) is 12.1 Å². The van der Waals surface area contributed by atoms with Crippen LogP contribution in [0.1, 0.15) is 26.7 Å². The molecule has 0 radical (unpaired) electrons. The van der Waals surface area contributed by atoms with Crippen LogP contribution in [0.4, 0.5) is 0 Å². The fraction of sp³-hybridized carbons (Fsp3) is 0.143. The molecule has 2 aromatic rings. The van der Waals surface area contributed by atoms with Gasteiger partial charge in [-0.2, -0.15) is 5.26 Å². The Morgan fingerprint density at radius 1 is 1.37 bits per heavy atom. The summed E-state index contributed by atoms with van der Waals surface area (Å²) in [6, 6.07) is 11.2. The van der Waals surface area contributed by atoms with Gasteiger partial charge in [-0.1, -0.05) is 28.1 Å². The minimum Gasteiger partial charge on any atom is -0.291 e. The van der Waals surface area contributed by atoms with Crippen LogP contribution in [-0.2, 0) is 0 Å². The number of thiophene rings is 1. The Morgan fingerprint density at radius 3 is 2.63 bits per heavy atom. The number of nitriles is 1. The summed E-state index contributed by atoms with van der Waals surface area (Å²) in [7, 11) is 0. The van der Waals surface area contributed by atoms with Gasteiger partial charge >= 0.3 is 0 Å². The van der Waals surface area contributed by atoms with Gasteiger partial charge in [0.15, 0.2) is 5.78 Å². The van der Waals surface area contributed by atoms with Crippen LogP contribution in [0.5, 0.6) is 0 Å². The van der Waals surface area contributed by atoms with Crippen molar-refractivity contribution in [3.05, 3.63) is 54.6 Å². The second kappa shape index (κ2) is 6.00. The molecule has 0 spiro atoms. The standard InChI is InChI=1S/C14H9Br2NOS/c1-8-5-12(19-14(8)16)13(18)11(7-17)9-3-2-4-10(15)6-9/h2-6,11H,1H3. The number of benzene rings is 1. The molecule has 1 atom stereocenters. The molecule has 2 rings (SSSR count). The average molecular weight is 399 g/mol.